The van der Waals surface area contributed by atoms with Crippen LogP contribution < -0.4 is 16.6 Å². The summed E-state index contributed by atoms with van der Waals surface area (Å²) in [5.74, 6) is 0.949. The molecule has 1 amide bonds. The first-order valence-corrected chi connectivity index (χ1v) is 4.32. The average Bonchev–Trinajstić information content (AvgIpc) is 2.10. The Morgan fingerprint density at radius 3 is 3.07 bits per heavy atom. The zero-order valence-electron chi connectivity index (χ0n) is 8.24. The number of H-pyrrole nitrogens is 1. The van der Waals surface area contributed by atoms with Crippen LogP contribution in [0.2, 0.25) is 0 Å². The SMILES string of the molecule is Cc1nc(NCCOC(N)=O)cc(=O)[nH]1. The fourth-order valence-corrected chi connectivity index (χ4v) is 1.00. The number of nitrogens with one attached hydrogen (secondary N) is 2. The minimum Gasteiger partial charge on any atom is -0.448 e. The Morgan fingerprint density at radius 1 is 1.73 bits per heavy atom. The molecule has 1 aromatic heterocycles. The maximum Gasteiger partial charge on any atom is 0.404 e. The number of aryl methyl sites for hydroxylation is 1. The summed E-state index contributed by atoms with van der Waals surface area (Å²) in [6, 6.07) is 1.32. The van der Waals surface area contributed by atoms with Gasteiger partial charge in [-0.3, -0.25) is 4.79 Å². The van der Waals surface area contributed by atoms with Crippen LogP contribution in [-0.4, -0.2) is 29.2 Å². The number of nitrogens with two attached hydrogens (primary N) is 1. The minimum absolute atomic E-state index is 0.128. The third-order valence-electron chi connectivity index (χ3n) is 1.51. The molecule has 1 rings (SSSR count). The fourth-order valence-electron chi connectivity index (χ4n) is 1.00. The lowest BCUT2D eigenvalue weighted by atomic mass is 10.5. The van der Waals surface area contributed by atoms with Gasteiger partial charge in [-0.05, 0) is 6.92 Å². The summed E-state index contributed by atoms with van der Waals surface area (Å²) in [6.45, 7) is 2.15. The van der Waals surface area contributed by atoms with Crippen LogP contribution in [0, 0.1) is 6.92 Å². The molecule has 1 aromatic rings. The Morgan fingerprint density at radius 2 is 2.47 bits per heavy atom. The zero-order chi connectivity index (χ0) is 11.3. The summed E-state index contributed by atoms with van der Waals surface area (Å²) in [6.07, 6.45) is -0.827. The van der Waals surface area contributed by atoms with Gasteiger partial charge in [-0.15, -0.1) is 0 Å². The van der Waals surface area contributed by atoms with E-state index >= 15 is 0 Å². The van der Waals surface area contributed by atoms with Gasteiger partial charge in [-0.25, -0.2) is 9.78 Å². The van der Waals surface area contributed by atoms with Gasteiger partial charge < -0.3 is 20.8 Å². The van der Waals surface area contributed by atoms with E-state index in [2.05, 4.69) is 20.0 Å². The Labute approximate surface area is 85.7 Å². The predicted octanol–water partition coefficient (Wildman–Crippen LogP) is -0.414. The molecule has 82 valence electrons. The van der Waals surface area contributed by atoms with Crippen molar-refractivity contribution < 1.29 is 9.53 Å². The molecule has 0 saturated carbocycles. The molecular weight excluding hydrogens is 200 g/mol. The summed E-state index contributed by atoms with van der Waals surface area (Å²) in [5.41, 5.74) is 4.53. The quantitative estimate of drug-likeness (QED) is 0.587. The Balaban J connectivity index is 2.44. The van der Waals surface area contributed by atoms with E-state index in [0.717, 1.165) is 0 Å². The van der Waals surface area contributed by atoms with Crippen molar-refractivity contribution in [3.63, 3.8) is 0 Å². The molecule has 0 aliphatic rings. The molecule has 0 unspecified atom stereocenters. The number of anilines is 1. The summed E-state index contributed by atoms with van der Waals surface area (Å²) in [7, 11) is 0. The van der Waals surface area contributed by atoms with E-state index in [1.807, 2.05) is 0 Å². The third kappa shape index (κ3) is 4.12. The molecule has 0 saturated heterocycles. The highest BCUT2D eigenvalue weighted by molar-refractivity contribution is 5.64. The highest BCUT2D eigenvalue weighted by atomic mass is 16.5. The normalized spacial score (nSPS) is 9.67. The number of carbonyl (C=O) groups is 1. The van der Waals surface area contributed by atoms with Crippen molar-refractivity contribution >= 4 is 11.9 Å². The summed E-state index contributed by atoms with van der Waals surface area (Å²) in [4.78, 5) is 27.8. The number of primary amides is 1. The average molecular weight is 212 g/mol. The van der Waals surface area contributed by atoms with E-state index in [0.29, 0.717) is 18.2 Å². The van der Waals surface area contributed by atoms with Crippen molar-refractivity contribution in [1.82, 2.24) is 9.97 Å². The predicted molar refractivity (Wildman–Crippen MR) is 53.6 cm³/mol. The Hall–Kier alpha value is -2.05. The molecule has 0 aliphatic carbocycles. The van der Waals surface area contributed by atoms with Crippen LogP contribution in [0.15, 0.2) is 10.9 Å². The minimum atomic E-state index is -0.827. The van der Waals surface area contributed by atoms with Crippen molar-refractivity contribution in [2.75, 3.05) is 18.5 Å². The van der Waals surface area contributed by atoms with Gasteiger partial charge in [-0.2, -0.15) is 0 Å². The van der Waals surface area contributed by atoms with Crippen LogP contribution >= 0.6 is 0 Å². The second-order valence-corrected chi connectivity index (χ2v) is 2.81. The second-order valence-electron chi connectivity index (χ2n) is 2.81. The van der Waals surface area contributed by atoms with Crippen LogP contribution in [0.4, 0.5) is 10.6 Å². The lowest BCUT2D eigenvalue weighted by molar-refractivity contribution is 0.161. The molecule has 1 heterocycles. The van der Waals surface area contributed by atoms with Crippen LogP contribution in [-0.2, 0) is 4.74 Å². The first kappa shape index (κ1) is 11.0. The molecule has 0 radical (unpaired) electrons. The van der Waals surface area contributed by atoms with Gasteiger partial charge in [0.1, 0.15) is 18.2 Å². The first-order valence-electron chi connectivity index (χ1n) is 4.32. The molecule has 7 heteroatoms. The Kier molecular flexibility index (Phi) is 3.67. The maximum absolute atomic E-state index is 11.0. The standard InChI is InChI=1S/C8H12N4O3/c1-5-11-6(4-7(13)12-5)10-2-3-15-8(9)14/h4H,2-3H2,1H3,(H2,9,14)(H2,10,11,12,13). The van der Waals surface area contributed by atoms with Gasteiger partial charge in [0.2, 0.25) is 0 Å². The van der Waals surface area contributed by atoms with Crippen molar-refractivity contribution in [2.24, 2.45) is 5.73 Å². The molecule has 0 aromatic carbocycles. The smallest absolute Gasteiger partial charge is 0.404 e. The molecule has 4 N–H and O–H groups in total. The number of carbonyl (C=O) groups excluding carboxylic acids is 1. The van der Waals surface area contributed by atoms with Crippen molar-refractivity contribution in [1.29, 1.82) is 0 Å². The number of nitrogens with zero attached hydrogens (tertiary/aromatic N) is 1. The highest BCUT2D eigenvalue weighted by Gasteiger charge is 1.97. The fraction of sp³-hybridized carbons (Fsp3) is 0.375. The van der Waals surface area contributed by atoms with Gasteiger partial charge in [-0.1, -0.05) is 0 Å². The van der Waals surface area contributed by atoms with E-state index in [4.69, 9.17) is 5.73 Å². The van der Waals surface area contributed by atoms with Crippen molar-refractivity contribution in [3.05, 3.63) is 22.2 Å². The van der Waals surface area contributed by atoms with Crippen LogP contribution in [0.3, 0.4) is 0 Å². The first-order chi connectivity index (χ1) is 7.08. The second kappa shape index (κ2) is 4.99. The number of rotatable bonds is 4. The molecular formula is C8H12N4O3. The van der Waals surface area contributed by atoms with E-state index in [1.54, 1.807) is 6.92 Å². The topological polar surface area (TPSA) is 110 Å². The zero-order valence-corrected chi connectivity index (χ0v) is 8.24. The molecule has 0 spiro atoms. The van der Waals surface area contributed by atoms with Gasteiger partial charge in [0.15, 0.2) is 0 Å². The maximum atomic E-state index is 11.0. The van der Waals surface area contributed by atoms with Gasteiger partial charge in [0.05, 0.1) is 6.54 Å². The number of hydrogen-bond donors (Lipinski definition) is 3. The molecule has 0 aliphatic heterocycles. The van der Waals surface area contributed by atoms with Crippen LogP contribution in [0.5, 0.6) is 0 Å². The summed E-state index contributed by atoms with van der Waals surface area (Å²) >= 11 is 0. The Bertz CT molecular complexity index is 401. The largest absolute Gasteiger partial charge is 0.448 e. The molecule has 7 nitrogen and oxygen atoms in total. The molecule has 0 bridgehead atoms. The van der Waals surface area contributed by atoms with E-state index in [-0.39, 0.29) is 12.2 Å². The lowest BCUT2D eigenvalue weighted by Gasteiger charge is -2.05. The van der Waals surface area contributed by atoms with Gasteiger partial charge in [0, 0.05) is 6.07 Å². The number of amides is 1. The number of aromatic nitrogens is 2. The molecule has 15 heavy (non-hydrogen) atoms. The molecule has 0 fully saturated rings. The van der Waals surface area contributed by atoms with Crippen LogP contribution in [0.25, 0.3) is 0 Å². The van der Waals surface area contributed by atoms with Crippen molar-refractivity contribution in [2.45, 2.75) is 6.92 Å². The van der Waals surface area contributed by atoms with E-state index in [1.165, 1.54) is 6.07 Å². The van der Waals surface area contributed by atoms with Crippen LogP contribution in [0.1, 0.15) is 5.82 Å². The van der Waals surface area contributed by atoms with Gasteiger partial charge in [0.25, 0.3) is 5.56 Å². The van der Waals surface area contributed by atoms with E-state index in [9.17, 15) is 9.59 Å². The van der Waals surface area contributed by atoms with Gasteiger partial charge >= 0.3 is 6.09 Å². The summed E-state index contributed by atoms with van der Waals surface area (Å²) in [5, 5.41) is 2.82. The monoisotopic (exact) mass is 212 g/mol. The number of ether oxygens (including phenoxy) is 1. The molecule has 0 atom stereocenters. The highest BCUT2D eigenvalue weighted by Crippen LogP contribution is 1.96. The van der Waals surface area contributed by atoms with Crippen molar-refractivity contribution in [3.8, 4) is 0 Å². The third-order valence-corrected chi connectivity index (χ3v) is 1.51. The number of aromatic amines is 1. The van der Waals surface area contributed by atoms with E-state index < -0.39 is 6.09 Å². The summed E-state index contributed by atoms with van der Waals surface area (Å²) < 4.78 is 4.49. The lowest BCUT2D eigenvalue weighted by Crippen LogP contribution is -2.19. The number of hydrogen-bond acceptors (Lipinski definition) is 5.